The first-order valence-electron chi connectivity index (χ1n) is 6.38. The van der Waals surface area contributed by atoms with Crippen LogP contribution in [-0.4, -0.2) is 36.6 Å². The summed E-state index contributed by atoms with van der Waals surface area (Å²) in [5, 5.41) is 3.32. The highest BCUT2D eigenvalue weighted by Crippen LogP contribution is 2.33. The lowest BCUT2D eigenvalue weighted by Crippen LogP contribution is -2.50. The molecule has 0 radical (unpaired) electrons. The zero-order valence-electron chi connectivity index (χ0n) is 10.5. The Morgan fingerprint density at radius 1 is 1.44 bits per heavy atom. The molecular weight excluding hydrogens is 230 g/mol. The Morgan fingerprint density at radius 2 is 2.22 bits per heavy atom. The van der Waals surface area contributed by atoms with E-state index in [1.165, 1.54) is 0 Å². The van der Waals surface area contributed by atoms with Crippen molar-refractivity contribution in [2.75, 3.05) is 24.6 Å². The van der Waals surface area contributed by atoms with E-state index in [0.717, 1.165) is 37.2 Å². The second-order valence-electron chi connectivity index (χ2n) is 4.87. The van der Waals surface area contributed by atoms with Crippen molar-refractivity contribution in [3.05, 3.63) is 17.8 Å². The number of piperidine rings is 1. The van der Waals surface area contributed by atoms with Crippen LogP contribution in [0.2, 0.25) is 0 Å². The summed E-state index contributed by atoms with van der Waals surface area (Å²) in [5.74, 6) is 0.625. The molecule has 2 aliphatic rings. The fourth-order valence-corrected chi connectivity index (χ4v) is 2.62. The molecule has 1 saturated heterocycles. The molecule has 1 fully saturated rings. The van der Waals surface area contributed by atoms with E-state index in [0.29, 0.717) is 5.88 Å². The van der Waals surface area contributed by atoms with Crippen molar-refractivity contribution in [1.82, 2.24) is 10.3 Å². The molecule has 5 nitrogen and oxygen atoms in total. The summed E-state index contributed by atoms with van der Waals surface area (Å²) in [5.41, 5.74) is 1.88. The summed E-state index contributed by atoms with van der Waals surface area (Å²) in [6.07, 6.45) is 3.74. The van der Waals surface area contributed by atoms with Crippen molar-refractivity contribution >= 4 is 11.6 Å². The monoisotopic (exact) mass is 247 g/mol. The largest absolute Gasteiger partial charge is 0.466 e. The van der Waals surface area contributed by atoms with Gasteiger partial charge in [0.25, 0.3) is 5.91 Å². The molecule has 0 atom stereocenters. The van der Waals surface area contributed by atoms with Crippen LogP contribution in [0.15, 0.2) is 12.3 Å². The first-order valence-corrected chi connectivity index (χ1v) is 6.38. The Labute approximate surface area is 106 Å². The van der Waals surface area contributed by atoms with Crippen molar-refractivity contribution in [2.24, 2.45) is 0 Å². The van der Waals surface area contributed by atoms with Gasteiger partial charge < -0.3 is 15.0 Å². The first kappa shape index (κ1) is 11.5. The zero-order chi connectivity index (χ0) is 12.5. The lowest BCUT2D eigenvalue weighted by Gasteiger charge is -2.37. The fraction of sp³-hybridized carbons (Fsp3) is 0.538. The highest BCUT2D eigenvalue weighted by atomic mass is 16.5. The molecule has 1 aromatic rings. The smallest absolute Gasteiger partial charge is 0.265 e. The highest BCUT2D eigenvalue weighted by Gasteiger charge is 2.33. The van der Waals surface area contributed by atoms with Gasteiger partial charge in [0.2, 0.25) is 5.88 Å². The predicted octanol–water partition coefficient (Wildman–Crippen LogP) is 0.867. The molecule has 18 heavy (non-hydrogen) atoms. The summed E-state index contributed by atoms with van der Waals surface area (Å²) in [6.45, 7) is 4.01. The average Bonchev–Trinajstić information content (AvgIpc) is 2.39. The normalized spacial score (nSPS) is 20.5. The SMILES string of the molecule is Cc1cnc2c(c1)N(C1CCNCC1)C(=O)CO2. The molecule has 0 bridgehead atoms. The number of amides is 1. The van der Waals surface area contributed by atoms with E-state index in [2.05, 4.69) is 10.3 Å². The van der Waals surface area contributed by atoms with Gasteiger partial charge in [0.15, 0.2) is 6.61 Å². The zero-order valence-corrected chi connectivity index (χ0v) is 10.5. The van der Waals surface area contributed by atoms with Crippen LogP contribution in [0.4, 0.5) is 5.69 Å². The molecule has 96 valence electrons. The van der Waals surface area contributed by atoms with Crippen LogP contribution < -0.4 is 15.0 Å². The first-order chi connectivity index (χ1) is 8.75. The third-order valence-corrected chi connectivity index (χ3v) is 3.50. The van der Waals surface area contributed by atoms with Crippen molar-refractivity contribution in [3.8, 4) is 5.88 Å². The molecule has 0 spiro atoms. The summed E-state index contributed by atoms with van der Waals surface area (Å²) in [7, 11) is 0. The van der Waals surface area contributed by atoms with Gasteiger partial charge >= 0.3 is 0 Å². The van der Waals surface area contributed by atoms with E-state index in [1.54, 1.807) is 6.20 Å². The number of ether oxygens (including phenoxy) is 1. The van der Waals surface area contributed by atoms with Gasteiger partial charge in [0.1, 0.15) is 5.69 Å². The van der Waals surface area contributed by atoms with Crippen LogP contribution in [0.5, 0.6) is 5.88 Å². The molecule has 0 aromatic carbocycles. The highest BCUT2D eigenvalue weighted by molar-refractivity contribution is 5.98. The van der Waals surface area contributed by atoms with Gasteiger partial charge in [-0.1, -0.05) is 0 Å². The van der Waals surface area contributed by atoms with Crippen molar-refractivity contribution in [3.63, 3.8) is 0 Å². The van der Waals surface area contributed by atoms with Crippen LogP contribution in [0.25, 0.3) is 0 Å². The Kier molecular flexibility index (Phi) is 2.91. The molecule has 3 heterocycles. The van der Waals surface area contributed by atoms with Gasteiger partial charge in [-0.2, -0.15) is 0 Å². The molecule has 0 unspecified atom stereocenters. The lowest BCUT2D eigenvalue weighted by atomic mass is 10.0. The third-order valence-electron chi connectivity index (χ3n) is 3.50. The maximum absolute atomic E-state index is 12.1. The van der Waals surface area contributed by atoms with E-state index in [4.69, 9.17) is 4.74 Å². The van der Waals surface area contributed by atoms with Gasteiger partial charge in [-0.3, -0.25) is 4.79 Å². The van der Waals surface area contributed by atoms with E-state index >= 15 is 0 Å². The van der Waals surface area contributed by atoms with Gasteiger partial charge in [-0.05, 0) is 44.5 Å². The molecule has 2 aliphatic heterocycles. The number of nitrogens with one attached hydrogen (secondary N) is 1. The maximum atomic E-state index is 12.1. The van der Waals surface area contributed by atoms with Crippen molar-refractivity contribution < 1.29 is 9.53 Å². The summed E-state index contributed by atoms with van der Waals surface area (Å²) < 4.78 is 5.39. The summed E-state index contributed by atoms with van der Waals surface area (Å²) in [6, 6.07) is 2.26. The molecule has 5 heteroatoms. The average molecular weight is 247 g/mol. The van der Waals surface area contributed by atoms with E-state index < -0.39 is 0 Å². The summed E-state index contributed by atoms with van der Waals surface area (Å²) >= 11 is 0. The van der Waals surface area contributed by atoms with Gasteiger partial charge in [0.05, 0.1) is 0 Å². The van der Waals surface area contributed by atoms with Crippen LogP contribution >= 0.6 is 0 Å². The topological polar surface area (TPSA) is 54.5 Å². The number of hydrogen-bond donors (Lipinski definition) is 1. The summed E-state index contributed by atoms with van der Waals surface area (Å²) in [4.78, 5) is 18.3. The molecule has 1 aromatic heterocycles. The van der Waals surface area contributed by atoms with E-state index in [-0.39, 0.29) is 18.6 Å². The van der Waals surface area contributed by atoms with E-state index in [9.17, 15) is 4.79 Å². The van der Waals surface area contributed by atoms with E-state index in [1.807, 2.05) is 17.9 Å². The van der Waals surface area contributed by atoms with Crippen molar-refractivity contribution in [2.45, 2.75) is 25.8 Å². The molecule has 1 N–H and O–H groups in total. The predicted molar refractivity (Wildman–Crippen MR) is 67.8 cm³/mol. The minimum atomic E-state index is 0.0433. The van der Waals surface area contributed by atoms with Gasteiger partial charge in [0, 0.05) is 12.2 Å². The second-order valence-corrected chi connectivity index (χ2v) is 4.87. The number of aromatic nitrogens is 1. The number of anilines is 1. The van der Waals surface area contributed by atoms with Crippen LogP contribution in [0.1, 0.15) is 18.4 Å². The number of aryl methyl sites for hydroxylation is 1. The Hall–Kier alpha value is -1.62. The molecule has 1 amide bonds. The Bertz CT molecular complexity index is 469. The minimum absolute atomic E-state index is 0.0433. The number of fused-ring (bicyclic) bond motifs is 1. The molecule has 0 aliphatic carbocycles. The number of carbonyl (C=O) groups is 1. The number of rotatable bonds is 1. The van der Waals surface area contributed by atoms with Crippen molar-refractivity contribution in [1.29, 1.82) is 0 Å². The quantitative estimate of drug-likeness (QED) is 0.800. The minimum Gasteiger partial charge on any atom is -0.466 e. The second kappa shape index (κ2) is 4.57. The van der Waals surface area contributed by atoms with Crippen LogP contribution in [-0.2, 0) is 4.79 Å². The third kappa shape index (κ3) is 1.95. The molecular formula is C13H17N3O2. The van der Waals surface area contributed by atoms with Gasteiger partial charge in [-0.25, -0.2) is 4.98 Å². The van der Waals surface area contributed by atoms with Crippen LogP contribution in [0, 0.1) is 6.92 Å². The number of pyridine rings is 1. The number of hydrogen-bond acceptors (Lipinski definition) is 4. The van der Waals surface area contributed by atoms with Gasteiger partial charge in [-0.15, -0.1) is 0 Å². The number of nitrogens with zero attached hydrogens (tertiary/aromatic N) is 2. The Balaban J connectivity index is 1.97. The molecule has 3 rings (SSSR count). The Morgan fingerprint density at radius 3 is 3.00 bits per heavy atom. The van der Waals surface area contributed by atoms with Crippen LogP contribution in [0.3, 0.4) is 0 Å². The number of carbonyl (C=O) groups excluding carboxylic acids is 1. The molecule has 0 saturated carbocycles. The standard InChI is InChI=1S/C13H17N3O2/c1-9-6-11-13(15-7-9)18-8-12(17)16(11)10-2-4-14-5-3-10/h6-7,10,14H,2-5,8H2,1H3. The maximum Gasteiger partial charge on any atom is 0.265 e. The fourth-order valence-electron chi connectivity index (χ4n) is 2.62. The lowest BCUT2D eigenvalue weighted by molar-refractivity contribution is -0.122.